The summed E-state index contributed by atoms with van der Waals surface area (Å²) in [5.74, 6) is -0.526. The number of hydrogen-bond donors (Lipinski definition) is 2. The number of nitrogens with one attached hydrogen (secondary N) is 1. The summed E-state index contributed by atoms with van der Waals surface area (Å²) < 4.78 is 0. The second kappa shape index (κ2) is 11.6. The molecular weight excluding hydrogens is 414 g/mol. The van der Waals surface area contributed by atoms with Gasteiger partial charge in [0.25, 0.3) is 6.47 Å². The first-order valence-electron chi connectivity index (χ1n) is 9.43. The van der Waals surface area contributed by atoms with Gasteiger partial charge < -0.3 is 10.4 Å². The van der Waals surface area contributed by atoms with Crippen molar-refractivity contribution in [2.45, 2.75) is 52.5 Å². The van der Waals surface area contributed by atoms with Gasteiger partial charge in [0.2, 0.25) is 16.9 Å². The molecule has 0 bridgehead atoms. The molecule has 2 N–H and O–H groups in total. The van der Waals surface area contributed by atoms with Gasteiger partial charge in [-0.15, -0.1) is 21.5 Å². The SMILES string of the molecule is CCCc1nc(CNC(=O)C2CC(=O)N(c3nnc(CCC)s3)C2)cs1.O=CO. The molecule has 0 saturated carbocycles. The number of carboxylic acid groups (broad SMARTS) is 1. The Morgan fingerprint density at radius 3 is 2.69 bits per heavy atom. The zero-order valence-electron chi connectivity index (χ0n) is 16.5. The quantitative estimate of drug-likeness (QED) is 0.604. The highest BCUT2D eigenvalue weighted by Gasteiger charge is 2.36. The van der Waals surface area contributed by atoms with Crippen LogP contribution in [0.2, 0.25) is 0 Å². The fraction of sp³-hybridized carbons (Fsp3) is 0.556. The Morgan fingerprint density at radius 2 is 2.00 bits per heavy atom. The fourth-order valence-corrected chi connectivity index (χ4v) is 4.68. The number of hydrogen-bond acceptors (Lipinski definition) is 8. The van der Waals surface area contributed by atoms with E-state index in [2.05, 4.69) is 34.3 Å². The maximum Gasteiger partial charge on any atom is 0.290 e. The lowest BCUT2D eigenvalue weighted by Gasteiger charge is -2.12. The van der Waals surface area contributed by atoms with E-state index in [0.717, 1.165) is 41.4 Å². The molecule has 1 aliphatic rings. The fourth-order valence-electron chi connectivity index (χ4n) is 2.82. The average molecular weight is 440 g/mol. The Bertz CT molecular complexity index is 823. The van der Waals surface area contributed by atoms with Gasteiger partial charge in [-0.3, -0.25) is 19.3 Å². The number of aryl methyl sites for hydroxylation is 2. The van der Waals surface area contributed by atoms with E-state index < -0.39 is 0 Å². The van der Waals surface area contributed by atoms with Crippen LogP contribution in [0.25, 0.3) is 0 Å². The summed E-state index contributed by atoms with van der Waals surface area (Å²) >= 11 is 3.06. The molecule has 9 nitrogen and oxygen atoms in total. The van der Waals surface area contributed by atoms with Crippen LogP contribution in [-0.4, -0.2) is 45.1 Å². The molecule has 3 rings (SSSR count). The Hall–Kier alpha value is -2.40. The van der Waals surface area contributed by atoms with Gasteiger partial charge in [0.15, 0.2) is 0 Å². The Labute approximate surface area is 177 Å². The molecule has 1 unspecified atom stereocenters. The van der Waals surface area contributed by atoms with Gasteiger partial charge in [0.1, 0.15) is 5.01 Å². The lowest BCUT2D eigenvalue weighted by molar-refractivity contribution is -0.126. The van der Waals surface area contributed by atoms with E-state index in [1.54, 1.807) is 16.2 Å². The second-order valence-electron chi connectivity index (χ2n) is 6.44. The molecule has 29 heavy (non-hydrogen) atoms. The lowest BCUT2D eigenvalue weighted by Crippen LogP contribution is -2.32. The predicted octanol–water partition coefficient (Wildman–Crippen LogP) is 2.27. The number of aromatic nitrogens is 3. The van der Waals surface area contributed by atoms with Crippen LogP contribution >= 0.6 is 22.7 Å². The molecule has 1 fully saturated rings. The van der Waals surface area contributed by atoms with Crippen molar-refractivity contribution >= 4 is 46.1 Å². The first-order chi connectivity index (χ1) is 14.0. The van der Waals surface area contributed by atoms with Gasteiger partial charge in [-0.05, 0) is 19.3 Å². The highest BCUT2D eigenvalue weighted by Crippen LogP contribution is 2.28. The monoisotopic (exact) mass is 439 g/mol. The molecule has 0 aromatic carbocycles. The molecule has 0 aliphatic carbocycles. The average Bonchev–Trinajstić information content (AvgIpc) is 3.41. The Morgan fingerprint density at radius 1 is 1.31 bits per heavy atom. The summed E-state index contributed by atoms with van der Waals surface area (Å²) in [6, 6.07) is 0. The zero-order chi connectivity index (χ0) is 21.2. The molecule has 158 valence electrons. The molecule has 0 spiro atoms. The van der Waals surface area contributed by atoms with E-state index in [0.29, 0.717) is 18.2 Å². The van der Waals surface area contributed by atoms with Gasteiger partial charge in [-0.25, -0.2) is 4.98 Å². The van der Waals surface area contributed by atoms with Crippen molar-refractivity contribution in [2.75, 3.05) is 11.4 Å². The topological polar surface area (TPSA) is 125 Å². The molecule has 2 amide bonds. The van der Waals surface area contributed by atoms with Crippen molar-refractivity contribution in [2.24, 2.45) is 5.92 Å². The molecule has 3 heterocycles. The lowest BCUT2D eigenvalue weighted by atomic mass is 10.1. The van der Waals surface area contributed by atoms with Crippen molar-refractivity contribution in [3.63, 3.8) is 0 Å². The van der Waals surface area contributed by atoms with Gasteiger partial charge in [-0.1, -0.05) is 25.2 Å². The number of anilines is 1. The van der Waals surface area contributed by atoms with E-state index in [-0.39, 0.29) is 30.6 Å². The van der Waals surface area contributed by atoms with Crippen LogP contribution in [0.15, 0.2) is 5.38 Å². The zero-order valence-corrected chi connectivity index (χ0v) is 18.1. The van der Waals surface area contributed by atoms with E-state index in [4.69, 9.17) is 9.90 Å². The van der Waals surface area contributed by atoms with Crippen LogP contribution in [0.1, 0.15) is 48.8 Å². The molecule has 1 aliphatic heterocycles. The van der Waals surface area contributed by atoms with Gasteiger partial charge in [-0.2, -0.15) is 0 Å². The number of nitrogens with zero attached hydrogens (tertiary/aromatic N) is 4. The smallest absolute Gasteiger partial charge is 0.290 e. The summed E-state index contributed by atoms with van der Waals surface area (Å²) in [5, 5.41) is 22.6. The number of rotatable bonds is 8. The van der Waals surface area contributed by atoms with Crippen LogP contribution in [-0.2, 0) is 33.8 Å². The van der Waals surface area contributed by atoms with Crippen molar-refractivity contribution < 1.29 is 19.5 Å². The second-order valence-corrected chi connectivity index (χ2v) is 8.42. The summed E-state index contributed by atoms with van der Waals surface area (Å²) in [6.45, 7) is 4.72. The molecule has 0 radical (unpaired) electrons. The van der Waals surface area contributed by atoms with Crippen LogP contribution in [0.4, 0.5) is 5.13 Å². The molecular formula is C18H25N5O4S2. The minimum absolute atomic E-state index is 0.0664. The van der Waals surface area contributed by atoms with Crippen LogP contribution in [0.3, 0.4) is 0 Å². The molecule has 2 aromatic rings. The van der Waals surface area contributed by atoms with Crippen molar-refractivity contribution in [3.05, 3.63) is 21.1 Å². The van der Waals surface area contributed by atoms with Crippen LogP contribution < -0.4 is 10.2 Å². The summed E-state index contributed by atoms with van der Waals surface area (Å²) in [6.07, 6.45) is 4.09. The van der Waals surface area contributed by atoms with Crippen molar-refractivity contribution in [1.82, 2.24) is 20.5 Å². The van der Waals surface area contributed by atoms with E-state index in [9.17, 15) is 9.59 Å². The highest BCUT2D eigenvalue weighted by atomic mass is 32.1. The number of thiazole rings is 1. The third-order valence-electron chi connectivity index (χ3n) is 4.15. The van der Waals surface area contributed by atoms with Gasteiger partial charge in [0, 0.05) is 24.8 Å². The molecule has 11 heteroatoms. The molecule has 2 aromatic heterocycles. The first-order valence-corrected chi connectivity index (χ1v) is 11.1. The van der Waals surface area contributed by atoms with Crippen molar-refractivity contribution in [1.29, 1.82) is 0 Å². The van der Waals surface area contributed by atoms with E-state index in [1.807, 2.05) is 5.38 Å². The van der Waals surface area contributed by atoms with Gasteiger partial charge in [0.05, 0.1) is 23.2 Å². The summed E-state index contributed by atoms with van der Waals surface area (Å²) in [5.41, 5.74) is 0.876. The van der Waals surface area contributed by atoms with Gasteiger partial charge >= 0.3 is 0 Å². The van der Waals surface area contributed by atoms with Crippen molar-refractivity contribution in [3.8, 4) is 0 Å². The normalized spacial score (nSPS) is 15.7. The first kappa shape index (κ1) is 22.9. The third-order valence-corrected chi connectivity index (χ3v) is 6.12. The Balaban J connectivity index is 0.000000941. The molecule has 1 saturated heterocycles. The minimum atomic E-state index is -0.352. The third kappa shape index (κ3) is 6.57. The number of carbonyl (C=O) groups is 3. The molecule has 1 atom stereocenters. The van der Waals surface area contributed by atoms with Crippen LogP contribution in [0.5, 0.6) is 0 Å². The summed E-state index contributed by atoms with van der Waals surface area (Å²) in [7, 11) is 0. The maximum absolute atomic E-state index is 12.4. The summed E-state index contributed by atoms with van der Waals surface area (Å²) in [4.78, 5) is 39.2. The standard InChI is InChI=1S/C17H23N5O2S2.CH2O2/c1-3-5-13-19-12(10-25-13)8-18-16(24)11-7-15(23)22(9-11)17-21-20-14(26-17)6-4-2;2-1-3/h10-11H,3-9H2,1-2H3,(H,18,24);1H,(H,2,3). The predicted molar refractivity (Wildman–Crippen MR) is 111 cm³/mol. The van der Waals surface area contributed by atoms with E-state index in [1.165, 1.54) is 11.3 Å². The number of carbonyl (C=O) groups excluding carboxylic acids is 2. The highest BCUT2D eigenvalue weighted by molar-refractivity contribution is 7.15. The maximum atomic E-state index is 12.4. The van der Waals surface area contributed by atoms with Crippen LogP contribution in [0, 0.1) is 5.92 Å². The largest absolute Gasteiger partial charge is 0.483 e. The minimum Gasteiger partial charge on any atom is -0.483 e. The number of amides is 2. The Kier molecular flexibility index (Phi) is 9.13. The van der Waals surface area contributed by atoms with E-state index >= 15 is 0 Å².